The van der Waals surface area contributed by atoms with Gasteiger partial charge in [-0.2, -0.15) is 9.40 Å². The minimum atomic E-state index is -3.26. The molecule has 160 valence electrons. The molecule has 1 fully saturated rings. The van der Waals surface area contributed by atoms with E-state index in [0.717, 1.165) is 11.1 Å². The van der Waals surface area contributed by atoms with E-state index in [0.29, 0.717) is 41.2 Å². The number of nitrogens with one attached hydrogen (secondary N) is 1. The number of benzene rings is 1. The maximum atomic E-state index is 12.9. The second-order valence-electron chi connectivity index (χ2n) is 7.69. The van der Waals surface area contributed by atoms with E-state index < -0.39 is 10.0 Å². The number of aryl methyl sites for hydroxylation is 2. The van der Waals surface area contributed by atoms with Gasteiger partial charge in [-0.1, -0.05) is 12.1 Å². The van der Waals surface area contributed by atoms with Gasteiger partial charge in [-0.15, -0.1) is 0 Å². The number of nitrogens with zero attached hydrogens (tertiary/aromatic N) is 6. The number of imidazole rings is 1. The Bertz CT molecular complexity index is 1440. The third kappa shape index (κ3) is 3.55. The number of carbonyl (C=O) groups excluding carboxylic acids is 1. The minimum absolute atomic E-state index is 0.157. The lowest BCUT2D eigenvalue weighted by Gasteiger charge is -2.14. The molecule has 0 unspecified atom stereocenters. The van der Waals surface area contributed by atoms with E-state index in [2.05, 4.69) is 20.4 Å². The van der Waals surface area contributed by atoms with Gasteiger partial charge in [0.15, 0.2) is 11.5 Å². The van der Waals surface area contributed by atoms with Gasteiger partial charge in [-0.3, -0.25) is 14.5 Å². The van der Waals surface area contributed by atoms with Crippen LogP contribution in [-0.4, -0.2) is 55.1 Å². The van der Waals surface area contributed by atoms with E-state index in [1.54, 1.807) is 34.6 Å². The molecule has 1 N–H and O–H groups in total. The van der Waals surface area contributed by atoms with Crippen molar-refractivity contribution < 1.29 is 13.2 Å². The summed E-state index contributed by atoms with van der Waals surface area (Å²) in [6.45, 7) is 2.47. The summed E-state index contributed by atoms with van der Waals surface area (Å²) in [7, 11) is -1.45. The molecule has 0 spiro atoms. The van der Waals surface area contributed by atoms with Gasteiger partial charge in [-0.25, -0.2) is 13.4 Å². The number of aromatic nitrogens is 5. The van der Waals surface area contributed by atoms with Gasteiger partial charge in [0.2, 0.25) is 10.0 Å². The predicted octanol–water partition coefficient (Wildman–Crippen LogP) is 1.71. The number of hydrogen-bond donors (Lipinski definition) is 1. The molecule has 5 rings (SSSR count). The molecule has 10 nitrogen and oxygen atoms in total. The summed E-state index contributed by atoms with van der Waals surface area (Å²) in [5.74, 6) is 0.195. The molecule has 11 heteroatoms. The first kappa shape index (κ1) is 19.6. The third-order valence-electron chi connectivity index (χ3n) is 5.29. The molecule has 1 aromatic carbocycles. The maximum absolute atomic E-state index is 12.9. The molecule has 0 aliphatic carbocycles. The lowest BCUT2D eigenvalue weighted by atomic mass is 10.1. The highest BCUT2D eigenvalue weighted by Crippen LogP contribution is 2.22. The molecule has 4 heterocycles. The van der Waals surface area contributed by atoms with Crippen molar-refractivity contribution in [3.8, 4) is 0 Å². The minimum Gasteiger partial charge on any atom is -0.305 e. The topological polar surface area (TPSA) is 114 Å². The summed E-state index contributed by atoms with van der Waals surface area (Å²) >= 11 is 0. The Balaban J connectivity index is 1.48. The number of amides is 1. The SMILES string of the molecule is Cc1cn2cc(NC(=O)c3cccc4cn(C)nc34)nc2c(CN2CCCS2(=O)=O)n1. The number of hydrogen-bond acceptors (Lipinski definition) is 6. The Kier molecular flexibility index (Phi) is 4.52. The zero-order chi connectivity index (χ0) is 21.8. The largest absolute Gasteiger partial charge is 0.305 e. The van der Waals surface area contributed by atoms with E-state index in [9.17, 15) is 13.2 Å². The van der Waals surface area contributed by atoms with Crippen molar-refractivity contribution in [1.82, 2.24) is 28.5 Å². The Morgan fingerprint density at radius 3 is 2.81 bits per heavy atom. The van der Waals surface area contributed by atoms with Gasteiger partial charge in [0.1, 0.15) is 5.52 Å². The maximum Gasteiger partial charge on any atom is 0.259 e. The normalized spacial score (nSPS) is 16.3. The first-order valence-corrected chi connectivity index (χ1v) is 11.5. The van der Waals surface area contributed by atoms with Crippen LogP contribution in [0.4, 0.5) is 5.82 Å². The van der Waals surface area contributed by atoms with Gasteiger partial charge in [0.25, 0.3) is 5.91 Å². The highest BCUT2D eigenvalue weighted by atomic mass is 32.2. The quantitative estimate of drug-likeness (QED) is 0.518. The monoisotopic (exact) mass is 439 g/mol. The zero-order valence-corrected chi connectivity index (χ0v) is 17.9. The highest BCUT2D eigenvalue weighted by Gasteiger charge is 2.29. The summed E-state index contributed by atoms with van der Waals surface area (Å²) in [6.07, 6.45) is 5.95. The Morgan fingerprint density at radius 2 is 2.03 bits per heavy atom. The van der Waals surface area contributed by atoms with E-state index in [1.165, 1.54) is 4.31 Å². The summed E-state index contributed by atoms with van der Waals surface area (Å²) in [6, 6.07) is 5.43. The van der Waals surface area contributed by atoms with Crippen LogP contribution in [0.15, 0.2) is 36.8 Å². The summed E-state index contributed by atoms with van der Waals surface area (Å²) < 4.78 is 29.3. The van der Waals surface area contributed by atoms with Crippen molar-refractivity contribution in [1.29, 1.82) is 0 Å². The smallest absolute Gasteiger partial charge is 0.259 e. The number of rotatable bonds is 4. The molecule has 0 bridgehead atoms. The van der Waals surface area contributed by atoms with Crippen LogP contribution in [0.5, 0.6) is 0 Å². The van der Waals surface area contributed by atoms with Crippen molar-refractivity contribution in [2.75, 3.05) is 17.6 Å². The molecule has 0 atom stereocenters. The molecular weight excluding hydrogens is 418 g/mol. The molecule has 0 radical (unpaired) electrons. The summed E-state index contributed by atoms with van der Waals surface area (Å²) in [5.41, 5.74) is 2.86. The number of anilines is 1. The fourth-order valence-corrected chi connectivity index (χ4v) is 5.41. The molecule has 1 amide bonds. The molecular formula is C20H21N7O3S. The van der Waals surface area contributed by atoms with Crippen molar-refractivity contribution in [3.05, 3.63) is 53.7 Å². The summed E-state index contributed by atoms with van der Waals surface area (Å²) in [5, 5.41) is 8.07. The van der Waals surface area contributed by atoms with Crippen molar-refractivity contribution in [2.45, 2.75) is 19.9 Å². The van der Waals surface area contributed by atoms with Crippen LogP contribution in [0, 0.1) is 6.92 Å². The van der Waals surface area contributed by atoms with E-state index >= 15 is 0 Å². The molecule has 1 aliphatic heterocycles. The predicted molar refractivity (Wildman–Crippen MR) is 115 cm³/mol. The molecule has 1 saturated heterocycles. The van der Waals surface area contributed by atoms with Crippen LogP contribution in [0.3, 0.4) is 0 Å². The Hall–Kier alpha value is -3.31. The first-order valence-electron chi connectivity index (χ1n) is 9.87. The van der Waals surface area contributed by atoms with Crippen molar-refractivity contribution in [2.24, 2.45) is 7.05 Å². The standard InChI is InChI=1S/C20H21N7O3S/c1-13-9-26-12-17(22-19(26)16(21-13)11-27-7-4-8-31(27,29)30)23-20(28)15-6-3-5-14-10-25(2)24-18(14)15/h3,5-6,9-10,12H,4,7-8,11H2,1-2H3,(H,23,28). The van der Waals surface area contributed by atoms with E-state index in [4.69, 9.17) is 0 Å². The van der Waals surface area contributed by atoms with Crippen LogP contribution in [-0.2, 0) is 23.6 Å². The third-order valence-corrected chi connectivity index (χ3v) is 7.20. The molecule has 1 aliphatic rings. The van der Waals surface area contributed by atoms with Crippen LogP contribution in [0.25, 0.3) is 16.6 Å². The van der Waals surface area contributed by atoms with Crippen molar-refractivity contribution >= 4 is 38.3 Å². The van der Waals surface area contributed by atoms with Gasteiger partial charge in [-0.05, 0) is 19.4 Å². The summed E-state index contributed by atoms with van der Waals surface area (Å²) in [4.78, 5) is 21.9. The fraction of sp³-hybridized carbons (Fsp3) is 0.300. The van der Waals surface area contributed by atoms with Gasteiger partial charge in [0, 0.05) is 31.4 Å². The number of sulfonamides is 1. The molecule has 31 heavy (non-hydrogen) atoms. The lowest BCUT2D eigenvalue weighted by molar-refractivity contribution is 0.102. The lowest BCUT2D eigenvalue weighted by Crippen LogP contribution is -2.26. The van der Waals surface area contributed by atoms with Crippen LogP contribution >= 0.6 is 0 Å². The molecule has 0 saturated carbocycles. The van der Waals surface area contributed by atoms with Gasteiger partial charge in [0.05, 0.1) is 35.4 Å². The Morgan fingerprint density at radius 1 is 1.19 bits per heavy atom. The van der Waals surface area contributed by atoms with E-state index in [-0.39, 0.29) is 18.2 Å². The van der Waals surface area contributed by atoms with Crippen LogP contribution in [0.1, 0.15) is 28.2 Å². The van der Waals surface area contributed by atoms with Gasteiger partial charge < -0.3 is 9.72 Å². The zero-order valence-electron chi connectivity index (χ0n) is 17.1. The second kappa shape index (κ2) is 7.13. The van der Waals surface area contributed by atoms with Crippen LogP contribution in [0.2, 0.25) is 0 Å². The fourth-order valence-electron chi connectivity index (χ4n) is 3.93. The molecule has 3 aromatic heterocycles. The van der Waals surface area contributed by atoms with Gasteiger partial charge >= 0.3 is 0 Å². The molecule has 4 aromatic rings. The average molecular weight is 440 g/mol. The number of carbonyl (C=O) groups is 1. The van der Waals surface area contributed by atoms with Crippen molar-refractivity contribution in [3.63, 3.8) is 0 Å². The second-order valence-corrected chi connectivity index (χ2v) is 9.78. The first-order chi connectivity index (χ1) is 14.8. The Labute approximate surface area is 178 Å². The average Bonchev–Trinajstić information content (AvgIpc) is 3.37. The highest BCUT2D eigenvalue weighted by molar-refractivity contribution is 7.89. The van der Waals surface area contributed by atoms with Crippen LogP contribution < -0.4 is 5.32 Å². The van der Waals surface area contributed by atoms with E-state index in [1.807, 2.05) is 25.3 Å². The number of fused-ring (bicyclic) bond motifs is 2.